The number of rotatable bonds is 4. The Hall–Kier alpha value is -1.76. The van der Waals surface area contributed by atoms with Gasteiger partial charge in [-0.1, -0.05) is 34.8 Å². The first-order valence-electron chi connectivity index (χ1n) is 8.86. The number of hydrogen-bond acceptors (Lipinski definition) is 3. The average molecular weight is 439 g/mol. The van der Waals surface area contributed by atoms with Crippen LogP contribution in [0.15, 0.2) is 36.4 Å². The Bertz CT molecular complexity index is 1050. The van der Waals surface area contributed by atoms with Gasteiger partial charge in [0.15, 0.2) is 0 Å². The smallest absolute Gasteiger partial charge is 0.238 e. The Morgan fingerprint density at radius 1 is 1.18 bits per heavy atom. The number of aliphatic hydroxyl groups is 1. The van der Waals surface area contributed by atoms with Gasteiger partial charge in [0.2, 0.25) is 5.91 Å². The lowest BCUT2D eigenvalue weighted by Gasteiger charge is -2.34. The molecule has 1 aliphatic heterocycles. The van der Waals surface area contributed by atoms with Gasteiger partial charge in [0.25, 0.3) is 0 Å². The zero-order chi connectivity index (χ0) is 19.8. The van der Waals surface area contributed by atoms with E-state index in [1.54, 1.807) is 18.2 Å². The van der Waals surface area contributed by atoms with Crippen LogP contribution in [0.4, 0.5) is 5.69 Å². The number of carbonyl (C=O) groups is 1. The van der Waals surface area contributed by atoms with Gasteiger partial charge in [-0.05, 0) is 48.4 Å². The van der Waals surface area contributed by atoms with Crippen molar-refractivity contribution in [2.45, 2.75) is 12.5 Å². The summed E-state index contributed by atoms with van der Waals surface area (Å²) in [6.45, 7) is 0.723. The number of amides is 1. The Morgan fingerprint density at radius 3 is 2.75 bits per heavy atom. The molecule has 8 heteroatoms. The van der Waals surface area contributed by atoms with Gasteiger partial charge in [-0.3, -0.25) is 9.69 Å². The topological polar surface area (TPSA) is 68.4 Å². The van der Waals surface area contributed by atoms with Gasteiger partial charge in [0.05, 0.1) is 29.2 Å². The third-order valence-corrected chi connectivity index (χ3v) is 6.02. The Labute approximate surface area is 177 Å². The molecule has 0 radical (unpaired) electrons. The van der Waals surface area contributed by atoms with Crippen LogP contribution >= 0.6 is 34.8 Å². The van der Waals surface area contributed by atoms with Crippen molar-refractivity contribution in [1.29, 1.82) is 0 Å². The van der Waals surface area contributed by atoms with Crippen molar-refractivity contribution in [1.82, 2.24) is 9.88 Å². The highest BCUT2D eigenvalue weighted by Crippen LogP contribution is 2.35. The van der Waals surface area contributed by atoms with E-state index in [2.05, 4.69) is 10.3 Å². The van der Waals surface area contributed by atoms with Crippen LogP contribution < -0.4 is 5.32 Å². The summed E-state index contributed by atoms with van der Waals surface area (Å²) in [7, 11) is 0. The molecule has 2 aromatic carbocycles. The zero-order valence-electron chi connectivity index (χ0n) is 14.8. The molecule has 1 amide bonds. The number of aromatic nitrogens is 1. The second-order valence-corrected chi connectivity index (χ2v) is 8.05. The molecular formula is C20H18Cl3N3O2. The zero-order valence-corrected chi connectivity index (χ0v) is 17.1. The Kier molecular flexibility index (Phi) is 5.54. The molecule has 28 heavy (non-hydrogen) atoms. The summed E-state index contributed by atoms with van der Waals surface area (Å²) in [5, 5.41) is 15.4. The number of H-pyrrole nitrogens is 1. The number of anilines is 1. The number of halogens is 3. The van der Waals surface area contributed by atoms with E-state index in [9.17, 15) is 9.90 Å². The minimum atomic E-state index is -0.283. The highest BCUT2D eigenvalue weighted by atomic mass is 35.5. The molecule has 0 bridgehead atoms. The van der Waals surface area contributed by atoms with E-state index in [0.717, 1.165) is 28.6 Å². The molecule has 4 rings (SSSR count). The molecule has 3 aromatic rings. The second kappa shape index (κ2) is 7.93. The lowest BCUT2D eigenvalue weighted by atomic mass is 9.97. The van der Waals surface area contributed by atoms with Gasteiger partial charge >= 0.3 is 0 Å². The SMILES string of the molecule is O=C(CN1CCc2c([nH]c3ccc(Cl)cc23)C1CO)Nc1ccc(Cl)c(Cl)c1. The van der Waals surface area contributed by atoms with Gasteiger partial charge in [0, 0.05) is 33.9 Å². The number of carbonyl (C=O) groups excluding carboxylic acids is 1. The molecule has 1 atom stereocenters. The van der Waals surface area contributed by atoms with Crippen LogP contribution in [0.3, 0.4) is 0 Å². The number of aliphatic hydroxyl groups excluding tert-OH is 1. The van der Waals surface area contributed by atoms with E-state index in [-0.39, 0.29) is 25.1 Å². The summed E-state index contributed by atoms with van der Waals surface area (Å²) in [5.74, 6) is -0.181. The van der Waals surface area contributed by atoms with E-state index in [4.69, 9.17) is 34.8 Å². The summed E-state index contributed by atoms with van der Waals surface area (Å²) >= 11 is 18.0. The van der Waals surface area contributed by atoms with Crippen molar-refractivity contribution < 1.29 is 9.90 Å². The van der Waals surface area contributed by atoms with Crippen molar-refractivity contribution in [3.8, 4) is 0 Å². The third-order valence-electron chi connectivity index (χ3n) is 5.05. The first-order chi connectivity index (χ1) is 13.5. The summed E-state index contributed by atoms with van der Waals surface area (Å²) in [5.41, 5.74) is 3.65. The molecule has 3 N–H and O–H groups in total. The van der Waals surface area contributed by atoms with Crippen LogP contribution in [0.2, 0.25) is 15.1 Å². The van der Waals surface area contributed by atoms with Crippen molar-refractivity contribution in [2.24, 2.45) is 0 Å². The number of hydrogen-bond donors (Lipinski definition) is 3. The third kappa shape index (κ3) is 3.73. The van der Waals surface area contributed by atoms with Gasteiger partial charge in [0.1, 0.15) is 0 Å². The Balaban J connectivity index is 1.53. The molecule has 146 valence electrons. The maximum atomic E-state index is 12.5. The maximum Gasteiger partial charge on any atom is 0.238 e. The largest absolute Gasteiger partial charge is 0.394 e. The minimum Gasteiger partial charge on any atom is -0.394 e. The van der Waals surface area contributed by atoms with Crippen LogP contribution in [0, 0.1) is 0 Å². The molecule has 1 unspecified atom stereocenters. The normalized spacial score (nSPS) is 16.9. The fraction of sp³-hybridized carbons (Fsp3) is 0.250. The summed E-state index contributed by atoms with van der Waals surface area (Å²) in [6, 6.07) is 10.4. The molecule has 1 aliphatic rings. The van der Waals surface area contributed by atoms with Crippen LogP contribution in [0.25, 0.3) is 10.9 Å². The highest BCUT2D eigenvalue weighted by molar-refractivity contribution is 6.42. The average Bonchev–Trinajstić information content (AvgIpc) is 3.02. The minimum absolute atomic E-state index is 0.0897. The predicted molar refractivity (Wildman–Crippen MR) is 114 cm³/mol. The molecule has 1 aromatic heterocycles. The first kappa shape index (κ1) is 19.6. The molecule has 0 spiro atoms. The fourth-order valence-electron chi connectivity index (χ4n) is 3.74. The lowest BCUT2D eigenvalue weighted by molar-refractivity contribution is -0.118. The van der Waals surface area contributed by atoms with E-state index in [1.165, 1.54) is 0 Å². The van der Waals surface area contributed by atoms with Crippen molar-refractivity contribution in [3.63, 3.8) is 0 Å². The molecule has 2 heterocycles. The number of nitrogens with zero attached hydrogens (tertiary/aromatic N) is 1. The van der Waals surface area contributed by atoms with E-state index in [1.807, 2.05) is 23.1 Å². The lowest BCUT2D eigenvalue weighted by Crippen LogP contribution is -2.42. The van der Waals surface area contributed by atoms with Gasteiger partial charge in [-0.15, -0.1) is 0 Å². The van der Waals surface area contributed by atoms with Crippen LogP contribution in [-0.4, -0.2) is 40.6 Å². The number of aromatic amines is 1. The van der Waals surface area contributed by atoms with Crippen LogP contribution in [0.1, 0.15) is 17.3 Å². The summed E-state index contributed by atoms with van der Waals surface area (Å²) in [6.07, 6.45) is 0.770. The number of fused-ring (bicyclic) bond motifs is 3. The maximum absolute atomic E-state index is 12.5. The van der Waals surface area contributed by atoms with Gasteiger partial charge in [-0.25, -0.2) is 0 Å². The van der Waals surface area contributed by atoms with E-state index < -0.39 is 0 Å². The Morgan fingerprint density at radius 2 is 2.00 bits per heavy atom. The van der Waals surface area contributed by atoms with Crippen molar-refractivity contribution >= 4 is 57.3 Å². The molecule has 0 aliphatic carbocycles. The highest BCUT2D eigenvalue weighted by Gasteiger charge is 2.31. The molecule has 0 saturated heterocycles. The molecule has 5 nitrogen and oxygen atoms in total. The number of nitrogens with one attached hydrogen (secondary N) is 2. The first-order valence-corrected chi connectivity index (χ1v) is 9.99. The molecular weight excluding hydrogens is 421 g/mol. The van der Waals surface area contributed by atoms with Crippen molar-refractivity contribution in [3.05, 3.63) is 62.7 Å². The fourth-order valence-corrected chi connectivity index (χ4v) is 4.21. The summed E-state index contributed by atoms with van der Waals surface area (Å²) < 4.78 is 0. The van der Waals surface area contributed by atoms with Crippen LogP contribution in [0.5, 0.6) is 0 Å². The molecule has 0 fully saturated rings. The number of benzene rings is 2. The monoisotopic (exact) mass is 437 g/mol. The van der Waals surface area contributed by atoms with Crippen LogP contribution in [-0.2, 0) is 11.2 Å². The van der Waals surface area contributed by atoms with E-state index in [0.29, 0.717) is 27.3 Å². The van der Waals surface area contributed by atoms with Crippen molar-refractivity contribution in [2.75, 3.05) is 25.0 Å². The van der Waals surface area contributed by atoms with Gasteiger partial charge in [-0.2, -0.15) is 0 Å². The van der Waals surface area contributed by atoms with E-state index >= 15 is 0 Å². The summed E-state index contributed by atoms with van der Waals surface area (Å²) in [4.78, 5) is 17.9. The second-order valence-electron chi connectivity index (χ2n) is 6.80. The van der Waals surface area contributed by atoms with Gasteiger partial charge < -0.3 is 15.4 Å². The molecule has 0 saturated carbocycles. The predicted octanol–water partition coefficient (Wildman–Crippen LogP) is 4.66. The standard InChI is InChI=1S/C20H18Cl3N3O2/c21-11-1-4-17-14(7-11)13-5-6-26(18(10-27)20(13)25-17)9-19(28)24-12-2-3-15(22)16(23)8-12/h1-4,7-8,18,25,27H,5-6,9-10H2,(H,24,28). The quantitative estimate of drug-likeness (QED) is 0.555.